The second-order valence-electron chi connectivity index (χ2n) is 11.5. The lowest BCUT2D eigenvalue weighted by molar-refractivity contribution is -0.100. The maximum Gasteiger partial charge on any atom is 0.407 e. The van der Waals surface area contributed by atoms with Crippen LogP contribution in [0.4, 0.5) is 13.6 Å². The average molecular weight is 679 g/mol. The molecule has 0 aliphatic heterocycles. The first-order valence-electron chi connectivity index (χ1n) is 14.3. The summed E-state index contributed by atoms with van der Waals surface area (Å²) in [6.07, 6.45) is 4.98. The fourth-order valence-corrected chi connectivity index (χ4v) is 7.90. The van der Waals surface area contributed by atoms with E-state index >= 15 is 4.39 Å². The van der Waals surface area contributed by atoms with Crippen LogP contribution in [0.1, 0.15) is 40.9 Å². The predicted octanol–water partition coefficient (Wildman–Crippen LogP) is 6.45. The molecule has 8 nitrogen and oxygen atoms in total. The van der Waals surface area contributed by atoms with E-state index in [-0.39, 0.29) is 44.2 Å². The van der Waals surface area contributed by atoms with E-state index in [4.69, 9.17) is 16.3 Å². The number of methoxy groups -OCH3 is 1. The number of ketones is 1. The number of carbonyl (C=O) groups is 2. The van der Waals surface area contributed by atoms with Crippen LogP contribution in [0.2, 0.25) is 0 Å². The maximum absolute atomic E-state index is 16.8. The van der Waals surface area contributed by atoms with E-state index in [9.17, 15) is 27.5 Å². The first-order valence-corrected chi connectivity index (χ1v) is 17.4. The molecule has 1 aromatic heterocycles. The molecule has 2 N–H and O–H groups in total. The molecule has 240 valence electrons. The number of amides is 1. The van der Waals surface area contributed by atoms with Gasteiger partial charge in [0.15, 0.2) is 9.84 Å². The molecule has 1 amide bonds. The minimum atomic E-state index is -3.63. The Morgan fingerprint density at radius 1 is 1.13 bits per heavy atom. The number of halogens is 3. The average Bonchev–Trinajstić information content (AvgIpc) is 3.46. The zero-order valence-corrected chi connectivity index (χ0v) is 27.2. The van der Waals surface area contributed by atoms with Crippen molar-refractivity contribution in [2.45, 2.75) is 53.4 Å². The molecule has 2 aromatic carbocycles. The molecule has 13 heteroatoms. The van der Waals surface area contributed by atoms with Crippen molar-refractivity contribution in [3.8, 4) is 0 Å². The number of hydrogen-bond acceptors (Lipinski definition) is 7. The number of allylic oxidation sites excluding steroid dienone is 2. The van der Waals surface area contributed by atoms with Gasteiger partial charge in [0, 0.05) is 44.6 Å². The Morgan fingerprint density at radius 2 is 1.82 bits per heavy atom. The van der Waals surface area contributed by atoms with Gasteiger partial charge in [-0.1, -0.05) is 24.3 Å². The number of hydrogen-bond donors (Lipinski definition) is 2. The Labute approximate surface area is 269 Å². The second-order valence-corrected chi connectivity index (χ2v) is 15.2. The molecule has 2 aliphatic rings. The molecule has 5 rings (SSSR count). The Bertz CT molecular complexity index is 1820. The third-order valence-electron chi connectivity index (χ3n) is 8.59. The Morgan fingerprint density at radius 3 is 2.44 bits per heavy atom. The predicted molar refractivity (Wildman–Crippen MR) is 171 cm³/mol. The highest BCUT2D eigenvalue weighted by atomic mass is 35.5. The van der Waals surface area contributed by atoms with E-state index in [1.165, 1.54) is 54.4 Å². The maximum atomic E-state index is 16.8. The third-order valence-corrected chi connectivity index (χ3v) is 11.4. The SMILES string of the molecule is COC1(F)C=C(C(=O)c2cc3cccc(F)c3s2)C(c2cccc(S(C)(=O)=O)c2)=CC1(Cl)CNC1CCC(N(C)C(=O)O)CC1. The van der Waals surface area contributed by atoms with Crippen molar-refractivity contribution in [3.05, 3.63) is 82.5 Å². The zero-order chi connectivity index (χ0) is 32.7. The van der Waals surface area contributed by atoms with Gasteiger partial charge in [-0.05, 0) is 78.6 Å². The third kappa shape index (κ3) is 6.57. The van der Waals surface area contributed by atoms with Crippen molar-refractivity contribution in [2.75, 3.05) is 27.0 Å². The smallest absolute Gasteiger partial charge is 0.407 e. The number of fused-ring (bicyclic) bond motifs is 1. The lowest BCUT2D eigenvalue weighted by Gasteiger charge is -2.41. The number of nitrogens with one attached hydrogen (secondary N) is 1. The van der Waals surface area contributed by atoms with Gasteiger partial charge < -0.3 is 20.1 Å². The molecule has 45 heavy (non-hydrogen) atoms. The molecule has 0 bridgehead atoms. The summed E-state index contributed by atoms with van der Waals surface area (Å²) in [5.41, 5.74) is 0.424. The normalized spacial score (nSPS) is 25.5. The van der Waals surface area contributed by atoms with E-state index in [1.807, 2.05) is 0 Å². The van der Waals surface area contributed by atoms with Crippen LogP contribution < -0.4 is 5.32 Å². The van der Waals surface area contributed by atoms with Crippen LogP contribution >= 0.6 is 22.9 Å². The van der Waals surface area contributed by atoms with Crippen molar-refractivity contribution in [3.63, 3.8) is 0 Å². The summed E-state index contributed by atoms with van der Waals surface area (Å²) in [4.78, 5) is 25.0. The number of carboxylic acid groups (broad SMARTS) is 1. The molecule has 2 unspecified atom stereocenters. The molecule has 1 fully saturated rings. The van der Waals surface area contributed by atoms with Gasteiger partial charge in [0.1, 0.15) is 10.7 Å². The van der Waals surface area contributed by atoms with Crippen LogP contribution in [-0.4, -0.2) is 80.1 Å². The van der Waals surface area contributed by atoms with Gasteiger partial charge in [-0.2, -0.15) is 0 Å². The Kier molecular flexibility index (Phi) is 9.27. The van der Waals surface area contributed by atoms with Crippen molar-refractivity contribution in [1.82, 2.24) is 10.2 Å². The van der Waals surface area contributed by atoms with Crippen molar-refractivity contribution >= 4 is 60.3 Å². The van der Waals surface area contributed by atoms with Crippen molar-refractivity contribution in [1.29, 1.82) is 0 Å². The quantitative estimate of drug-likeness (QED) is 0.198. The number of carbonyl (C=O) groups excluding carboxylic acids is 1. The van der Waals surface area contributed by atoms with Gasteiger partial charge in [0.05, 0.1) is 14.5 Å². The summed E-state index contributed by atoms with van der Waals surface area (Å²) in [6, 6.07) is 11.8. The fraction of sp³-hybridized carbons (Fsp3) is 0.375. The van der Waals surface area contributed by atoms with Crippen LogP contribution in [0, 0.1) is 5.82 Å². The summed E-state index contributed by atoms with van der Waals surface area (Å²) in [5, 5.41) is 13.1. The van der Waals surface area contributed by atoms with Crippen molar-refractivity contribution in [2.24, 2.45) is 0 Å². The molecule has 1 heterocycles. The van der Waals surface area contributed by atoms with Gasteiger partial charge >= 0.3 is 6.09 Å². The van der Waals surface area contributed by atoms with Gasteiger partial charge in [0.25, 0.3) is 5.85 Å². The lowest BCUT2D eigenvalue weighted by atomic mass is 9.80. The molecule has 0 saturated heterocycles. The summed E-state index contributed by atoms with van der Waals surface area (Å²) in [5.74, 6) is -3.76. The van der Waals surface area contributed by atoms with E-state index in [0.29, 0.717) is 36.6 Å². The summed E-state index contributed by atoms with van der Waals surface area (Å²) >= 11 is 7.99. The molecule has 2 atom stereocenters. The topological polar surface area (TPSA) is 113 Å². The number of thiophene rings is 1. The monoisotopic (exact) mass is 678 g/mol. The van der Waals surface area contributed by atoms with Crippen LogP contribution in [0.5, 0.6) is 0 Å². The second kappa shape index (κ2) is 12.6. The van der Waals surface area contributed by atoms with Gasteiger partial charge in [0.2, 0.25) is 5.78 Å². The largest absolute Gasteiger partial charge is 0.465 e. The number of sulfone groups is 1. The molecular weight excluding hydrogens is 646 g/mol. The molecule has 1 saturated carbocycles. The van der Waals surface area contributed by atoms with Crippen LogP contribution in [0.15, 0.2) is 71.2 Å². The highest BCUT2D eigenvalue weighted by molar-refractivity contribution is 7.90. The number of benzene rings is 2. The molecule has 0 spiro atoms. The number of ether oxygens (including phenoxy) is 1. The van der Waals surface area contributed by atoms with Crippen LogP contribution in [0.3, 0.4) is 0 Å². The molecular formula is C32H33ClF2N2O6S2. The van der Waals surface area contributed by atoms with Crippen LogP contribution in [-0.2, 0) is 14.6 Å². The van der Waals surface area contributed by atoms with Gasteiger partial charge in [-0.15, -0.1) is 22.9 Å². The lowest BCUT2D eigenvalue weighted by Crippen LogP contribution is -2.55. The van der Waals surface area contributed by atoms with E-state index in [2.05, 4.69) is 5.32 Å². The molecule has 0 radical (unpaired) electrons. The summed E-state index contributed by atoms with van der Waals surface area (Å²) in [6.45, 7) is -0.121. The fourth-order valence-electron chi connectivity index (χ4n) is 5.90. The van der Waals surface area contributed by atoms with E-state index in [0.717, 1.165) is 30.8 Å². The highest BCUT2D eigenvalue weighted by Crippen LogP contribution is 2.47. The van der Waals surface area contributed by atoms with Gasteiger partial charge in [-0.3, -0.25) is 4.79 Å². The first-order chi connectivity index (χ1) is 21.2. The summed E-state index contributed by atoms with van der Waals surface area (Å²) in [7, 11) is -0.949. The van der Waals surface area contributed by atoms with E-state index < -0.39 is 38.3 Å². The number of nitrogens with zero attached hydrogens (tertiary/aromatic N) is 1. The number of alkyl halides is 2. The molecule has 3 aromatic rings. The minimum absolute atomic E-state index is 0.00171. The van der Waals surface area contributed by atoms with E-state index in [1.54, 1.807) is 12.1 Å². The molecule has 2 aliphatic carbocycles. The Hall–Kier alpha value is -3.16. The minimum Gasteiger partial charge on any atom is -0.465 e. The first kappa shape index (κ1) is 33.2. The Balaban J connectivity index is 1.52. The zero-order valence-electron chi connectivity index (χ0n) is 24.8. The summed E-state index contributed by atoms with van der Waals surface area (Å²) < 4.78 is 61.7. The highest BCUT2D eigenvalue weighted by Gasteiger charge is 2.53. The standard InChI is InChI=1S/C32H33ClF2N2O6S2/c1-37(30(39)40)22-12-10-21(11-13-22)36-18-31(33)16-24(19-6-4-8-23(14-19)45(3,41)42)25(17-32(31,35)43-2)28(38)27-15-20-7-5-9-26(34)29(20)44-27/h4-9,14-17,21-22,36H,10-13,18H2,1-3H3,(H,39,40). The van der Waals surface area contributed by atoms with Gasteiger partial charge in [-0.25, -0.2) is 22.0 Å². The van der Waals surface area contributed by atoms with Crippen molar-refractivity contribution < 1.29 is 36.6 Å². The number of rotatable bonds is 9. The number of Topliss-reactive ketones (excluding diaryl/α,β-unsaturated/α-hetero) is 1. The van der Waals surface area contributed by atoms with Crippen LogP contribution in [0.25, 0.3) is 15.7 Å².